The van der Waals surface area contributed by atoms with Gasteiger partial charge in [-0.1, -0.05) is 66.4 Å². The molecule has 1 saturated heterocycles. The zero-order chi connectivity index (χ0) is 23.6. The van der Waals surface area contributed by atoms with E-state index in [0.29, 0.717) is 20.5 Å². The van der Waals surface area contributed by atoms with E-state index in [2.05, 4.69) is 0 Å². The molecule has 0 N–H and O–H groups in total. The first-order valence-electron chi connectivity index (χ1n) is 9.37. The molecule has 1 amide bonds. The van der Waals surface area contributed by atoms with Crippen LogP contribution >= 0.6 is 24.0 Å². The van der Waals surface area contributed by atoms with Gasteiger partial charge in [-0.2, -0.15) is 8.42 Å². The van der Waals surface area contributed by atoms with Crippen molar-refractivity contribution in [3.8, 4) is 5.75 Å². The van der Waals surface area contributed by atoms with Gasteiger partial charge in [0.1, 0.15) is 5.75 Å². The van der Waals surface area contributed by atoms with Crippen molar-refractivity contribution in [2.24, 2.45) is 0 Å². The summed E-state index contributed by atoms with van der Waals surface area (Å²) in [6.07, 6.45) is 1.64. The number of rotatable bonds is 6. The number of nitrogens with zero attached hydrogens (tertiary/aromatic N) is 2. The van der Waals surface area contributed by atoms with Crippen LogP contribution in [0.2, 0.25) is 0 Å². The molecule has 0 bridgehead atoms. The van der Waals surface area contributed by atoms with Gasteiger partial charge in [0.25, 0.3) is 11.6 Å². The Morgan fingerprint density at radius 3 is 2.27 bits per heavy atom. The monoisotopic (exact) mass is 498 g/mol. The Hall–Kier alpha value is -3.54. The minimum absolute atomic E-state index is 0.0258. The molecule has 3 aromatic rings. The third-order valence-electron chi connectivity index (χ3n) is 4.52. The first-order chi connectivity index (χ1) is 15.8. The SMILES string of the molecule is O=C1/C(=C/c2ccc(OS(=O)(=O)c3ccccc3[N+](=O)[O-])cc2)SC(=S)N1c1ccccc1. The molecule has 1 aliphatic heterocycles. The van der Waals surface area contributed by atoms with Gasteiger partial charge in [-0.3, -0.25) is 19.8 Å². The molecule has 1 heterocycles. The number of benzene rings is 3. The summed E-state index contributed by atoms with van der Waals surface area (Å²) in [5.74, 6) is -0.280. The van der Waals surface area contributed by atoms with Gasteiger partial charge in [0.15, 0.2) is 9.22 Å². The number of nitro groups is 1. The molecule has 1 fully saturated rings. The van der Waals surface area contributed by atoms with E-state index in [0.717, 1.165) is 12.1 Å². The number of carbonyl (C=O) groups is 1. The first-order valence-corrected chi connectivity index (χ1v) is 12.0. The number of thioether (sulfide) groups is 1. The molecular weight excluding hydrogens is 484 g/mol. The van der Waals surface area contributed by atoms with Crippen LogP contribution in [0.3, 0.4) is 0 Å². The molecule has 0 spiro atoms. The van der Waals surface area contributed by atoms with Crippen LogP contribution in [0.5, 0.6) is 5.75 Å². The molecule has 0 aliphatic carbocycles. The Labute approximate surface area is 198 Å². The maximum Gasteiger partial charge on any atom is 0.346 e. The van der Waals surface area contributed by atoms with E-state index in [1.165, 1.54) is 40.9 Å². The van der Waals surface area contributed by atoms with Crippen LogP contribution in [-0.2, 0) is 14.9 Å². The van der Waals surface area contributed by atoms with Crippen molar-refractivity contribution in [3.63, 3.8) is 0 Å². The smallest absolute Gasteiger partial charge is 0.346 e. The lowest BCUT2D eigenvalue weighted by Gasteiger charge is -2.13. The van der Waals surface area contributed by atoms with Crippen LogP contribution in [0.4, 0.5) is 11.4 Å². The highest BCUT2D eigenvalue weighted by molar-refractivity contribution is 8.27. The molecular formula is C22H14N2O6S3. The van der Waals surface area contributed by atoms with Gasteiger partial charge in [-0.25, -0.2) is 0 Å². The number of hydrogen-bond acceptors (Lipinski definition) is 8. The van der Waals surface area contributed by atoms with Crippen LogP contribution in [0, 0.1) is 10.1 Å². The van der Waals surface area contributed by atoms with Crippen molar-refractivity contribution in [1.82, 2.24) is 0 Å². The zero-order valence-electron chi connectivity index (χ0n) is 16.7. The fourth-order valence-electron chi connectivity index (χ4n) is 3.03. The third-order valence-corrected chi connectivity index (χ3v) is 7.12. The summed E-state index contributed by atoms with van der Waals surface area (Å²) in [4.78, 5) is 24.5. The van der Waals surface area contributed by atoms with Crippen LogP contribution < -0.4 is 9.08 Å². The highest BCUT2D eigenvalue weighted by Gasteiger charge is 2.33. The summed E-state index contributed by atoms with van der Waals surface area (Å²) < 4.78 is 30.5. The van der Waals surface area contributed by atoms with E-state index in [1.54, 1.807) is 30.3 Å². The lowest BCUT2D eigenvalue weighted by atomic mass is 10.2. The normalized spacial score (nSPS) is 15.2. The largest absolute Gasteiger partial charge is 0.379 e. The van der Waals surface area contributed by atoms with Crippen LogP contribution in [0.1, 0.15) is 5.56 Å². The standard InChI is InChI=1S/C22H14N2O6S3/c25-21-19(32-22(31)23(21)16-6-2-1-3-7-16)14-15-10-12-17(13-11-15)30-33(28,29)20-9-5-4-8-18(20)24(26)27/h1-14H/b19-14-. The Kier molecular flexibility index (Phi) is 6.27. The van der Waals surface area contributed by atoms with Gasteiger partial charge in [0.05, 0.1) is 15.5 Å². The Balaban J connectivity index is 1.54. The molecule has 0 atom stereocenters. The van der Waals surface area contributed by atoms with Gasteiger partial charge in [-0.15, -0.1) is 0 Å². The average molecular weight is 499 g/mol. The van der Waals surface area contributed by atoms with Gasteiger partial charge in [-0.05, 0) is 42.0 Å². The van der Waals surface area contributed by atoms with Gasteiger partial charge in [0.2, 0.25) is 0 Å². The second kappa shape index (κ2) is 9.14. The maximum atomic E-state index is 12.8. The zero-order valence-corrected chi connectivity index (χ0v) is 19.1. The van der Waals surface area contributed by atoms with Gasteiger partial charge < -0.3 is 4.18 Å². The van der Waals surface area contributed by atoms with E-state index >= 15 is 0 Å². The third kappa shape index (κ3) is 4.80. The van der Waals surface area contributed by atoms with Crippen molar-refractivity contribution in [3.05, 3.63) is 99.4 Å². The molecule has 8 nitrogen and oxygen atoms in total. The van der Waals surface area contributed by atoms with Crippen molar-refractivity contribution in [1.29, 1.82) is 0 Å². The maximum absolute atomic E-state index is 12.8. The predicted octanol–water partition coefficient (Wildman–Crippen LogP) is 4.77. The quantitative estimate of drug-likeness (QED) is 0.157. The second-order valence-electron chi connectivity index (χ2n) is 6.68. The number of thiocarbonyl (C=S) groups is 1. The van der Waals surface area contributed by atoms with E-state index in [9.17, 15) is 23.3 Å². The summed E-state index contributed by atoms with van der Waals surface area (Å²) >= 11 is 6.51. The summed E-state index contributed by atoms with van der Waals surface area (Å²) in [5.41, 5.74) is 0.723. The number of anilines is 1. The highest BCUT2D eigenvalue weighted by atomic mass is 32.2. The van der Waals surface area contributed by atoms with Crippen LogP contribution in [-0.4, -0.2) is 23.6 Å². The summed E-state index contributed by atoms with van der Waals surface area (Å²) in [6.45, 7) is 0. The average Bonchev–Trinajstić information content (AvgIpc) is 3.08. The molecule has 3 aromatic carbocycles. The Bertz CT molecular complexity index is 1390. The van der Waals surface area contributed by atoms with Gasteiger partial charge in [0, 0.05) is 6.07 Å². The molecule has 4 rings (SSSR count). The number of amides is 1. The number of hydrogen-bond donors (Lipinski definition) is 0. The van der Waals surface area contributed by atoms with Crippen molar-refractivity contribution >= 4 is 61.8 Å². The predicted molar refractivity (Wildman–Crippen MR) is 129 cm³/mol. The lowest BCUT2D eigenvalue weighted by molar-refractivity contribution is -0.387. The number of carbonyl (C=O) groups excluding carboxylic acids is 1. The molecule has 0 unspecified atom stereocenters. The minimum Gasteiger partial charge on any atom is -0.379 e. The molecule has 11 heteroatoms. The molecule has 0 radical (unpaired) electrons. The number of nitro benzene ring substituents is 1. The lowest BCUT2D eigenvalue weighted by Crippen LogP contribution is -2.27. The molecule has 1 aliphatic rings. The van der Waals surface area contributed by atoms with Crippen molar-refractivity contribution in [2.75, 3.05) is 4.90 Å². The van der Waals surface area contributed by atoms with Crippen molar-refractivity contribution in [2.45, 2.75) is 4.90 Å². The summed E-state index contributed by atoms with van der Waals surface area (Å²) in [6, 6.07) is 19.9. The van der Waals surface area contributed by atoms with Crippen LogP contribution in [0.15, 0.2) is 88.7 Å². The molecule has 33 heavy (non-hydrogen) atoms. The number of para-hydroxylation sites is 2. The van der Waals surface area contributed by atoms with Crippen LogP contribution in [0.25, 0.3) is 6.08 Å². The van der Waals surface area contributed by atoms with Crippen molar-refractivity contribution < 1.29 is 22.3 Å². The van der Waals surface area contributed by atoms with E-state index < -0.39 is 25.6 Å². The fourth-order valence-corrected chi connectivity index (χ4v) is 5.43. The highest BCUT2D eigenvalue weighted by Crippen LogP contribution is 2.36. The molecule has 0 aromatic heterocycles. The summed E-state index contributed by atoms with van der Waals surface area (Å²) in [7, 11) is -4.42. The Morgan fingerprint density at radius 2 is 1.61 bits per heavy atom. The molecule has 166 valence electrons. The van der Waals surface area contributed by atoms with E-state index in [1.807, 2.05) is 18.2 Å². The Morgan fingerprint density at radius 1 is 0.970 bits per heavy atom. The van der Waals surface area contributed by atoms with E-state index in [4.69, 9.17) is 16.4 Å². The fraction of sp³-hybridized carbons (Fsp3) is 0. The summed E-state index contributed by atoms with van der Waals surface area (Å²) in [5, 5.41) is 11.1. The first kappa shape index (κ1) is 22.6. The van der Waals surface area contributed by atoms with E-state index in [-0.39, 0.29) is 11.7 Å². The molecule has 0 saturated carbocycles. The topological polar surface area (TPSA) is 107 Å². The minimum atomic E-state index is -4.42. The van der Waals surface area contributed by atoms with Gasteiger partial charge >= 0.3 is 10.1 Å². The second-order valence-corrected chi connectivity index (χ2v) is 9.87.